The van der Waals surface area contributed by atoms with Crippen LogP contribution in [-0.4, -0.2) is 52.9 Å². The summed E-state index contributed by atoms with van der Waals surface area (Å²) in [7, 11) is 3.43. The summed E-state index contributed by atoms with van der Waals surface area (Å²) in [5.74, 6) is 0.865. The van der Waals surface area contributed by atoms with Crippen LogP contribution >= 0.6 is 0 Å². The van der Waals surface area contributed by atoms with Crippen molar-refractivity contribution in [2.24, 2.45) is 0 Å². The first kappa shape index (κ1) is 21.0. The molecule has 33 heavy (non-hydrogen) atoms. The van der Waals surface area contributed by atoms with Crippen LogP contribution in [0.25, 0.3) is 22.3 Å². The molecule has 0 atom stereocenters. The van der Waals surface area contributed by atoms with Gasteiger partial charge in [-0.25, -0.2) is 14.4 Å². The number of nitrogens with one attached hydrogen (secondary N) is 4. The number of halogens is 1. The monoisotopic (exact) mass is 445 g/mol. The van der Waals surface area contributed by atoms with E-state index in [1.807, 2.05) is 36.4 Å². The van der Waals surface area contributed by atoms with E-state index < -0.39 is 0 Å². The average molecular weight is 446 g/mol. The third kappa shape index (κ3) is 4.28. The summed E-state index contributed by atoms with van der Waals surface area (Å²) in [5.41, 5.74) is 9.52. The van der Waals surface area contributed by atoms with Gasteiger partial charge in [-0.2, -0.15) is 0 Å². The van der Waals surface area contributed by atoms with Crippen LogP contribution in [0, 0.1) is 5.82 Å². The van der Waals surface area contributed by atoms with Gasteiger partial charge in [-0.15, -0.1) is 0 Å². The van der Waals surface area contributed by atoms with E-state index in [9.17, 15) is 9.18 Å². The Hall–Kier alpha value is -3.82. The lowest BCUT2D eigenvalue weighted by Crippen LogP contribution is -2.21. The zero-order valence-corrected chi connectivity index (χ0v) is 18.3. The normalized spacial score (nSPS) is 14.0. The Morgan fingerprint density at radius 1 is 1.09 bits per heavy atom. The zero-order chi connectivity index (χ0) is 22.9. The Bertz CT molecular complexity index is 1330. The molecule has 0 unspecified atom stereocenters. The third-order valence-corrected chi connectivity index (χ3v) is 5.71. The lowest BCUT2D eigenvalue weighted by atomic mass is 9.99. The van der Waals surface area contributed by atoms with Gasteiger partial charge in [0.2, 0.25) is 0 Å². The Morgan fingerprint density at radius 3 is 2.67 bits per heavy atom. The van der Waals surface area contributed by atoms with Crippen LogP contribution in [0.1, 0.15) is 22.0 Å². The summed E-state index contributed by atoms with van der Waals surface area (Å²) >= 11 is 0. The van der Waals surface area contributed by atoms with Crippen molar-refractivity contribution in [3.8, 4) is 11.4 Å². The molecule has 1 aliphatic heterocycles. The maximum absolute atomic E-state index is 14.6. The summed E-state index contributed by atoms with van der Waals surface area (Å²) < 4.78 is 14.6. The minimum atomic E-state index is -0.245. The molecular formula is C24H24FN7O. The second-order valence-electron chi connectivity index (χ2n) is 8.27. The molecule has 1 aliphatic rings. The zero-order valence-electron chi connectivity index (χ0n) is 18.3. The molecule has 168 valence electrons. The fourth-order valence-corrected chi connectivity index (χ4v) is 3.96. The first-order valence-corrected chi connectivity index (χ1v) is 10.7. The summed E-state index contributed by atoms with van der Waals surface area (Å²) in [6.45, 7) is 1.41. The molecule has 2 aromatic heterocycles. The van der Waals surface area contributed by atoms with E-state index in [1.54, 1.807) is 26.4 Å². The van der Waals surface area contributed by atoms with Gasteiger partial charge in [0.15, 0.2) is 5.82 Å². The number of aromatic nitrogens is 3. The molecule has 4 N–H and O–H groups in total. The number of amides is 1. The summed E-state index contributed by atoms with van der Waals surface area (Å²) in [6.07, 6.45) is 1.66. The van der Waals surface area contributed by atoms with Crippen molar-refractivity contribution >= 4 is 28.3 Å². The molecular weight excluding hydrogens is 421 g/mol. The Balaban J connectivity index is 1.38. The smallest absolute Gasteiger partial charge is 0.269 e. The van der Waals surface area contributed by atoms with Gasteiger partial charge in [0.25, 0.3) is 5.91 Å². The number of carbonyl (C=O) groups is 1. The predicted octanol–water partition coefficient (Wildman–Crippen LogP) is 3.40. The number of aromatic amines is 1. The maximum atomic E-state index is 14.6. The Kier molecular flexibility index (Phi) is 5.49. The molecule has 0 radical (unpaired) electrons. The van der Waals surface area contributed by atoms with Crippen LogP contribution in [0.3, 0.4) is 0 Å². The molecule has 0 spiro atoms. The number of H-pyrrole nitrogens is 1. The molecule has 9 heteroatoms. The number of fused-ring (bicyclic) bond motifs is 1. The van der Waals surface area contributed by atoms with Crippen LogP contribution in [-0.2, 0) is 0 Å². The number of carbonyl (C=O) groups excluding carboxylic acids is 1. The first-order chi connectivity index (χ1) is 16.0. The Morgan fingerprint density at radius 2 is 1.91 bits per heavy atom. The second kappa shape index (κ2) is 8.61. The van der Waals surface area contributed by atoms with E-state index in [1.165, 1.54) is 11.0 Å². The number of hydrazine groups is 1. The summed E-state index contributed by atoms with van der Waals surface area (Å²) in [6, 6.07) is 14.5. The van der Waals surface area contributed by atoms with Crippen molar-refractivity contribution < 1.29 is 9.18 Å². The van der Waals surface area contributed by atoms with E-state index in [0.29, 0.717) is 41.7 Å². The standard InChI is InChI=1S/C24H24FN7O/c1-32(2)24(33)21-9-14-3-4-15(10-20(14)30-21)23-26-8-7-22(31-23)29-17-5-6-18(19(25)11-17)16-12-27-28-13-16/h3-11,16,27-28,30H,12-13H2,1-2H3,(H,26,29,31). The van der Waals surface area contributed by atoms with Gasteiger partial charge in [0.1, 0.15) is 17.3 Å². The van der Waals surface area contributed by atoms with Gasteiger partial charge < -0.3 is 15.2 Å². The van der Waals surface area contributed by atoms with Gasteiger partial charge >= 0.3 is 0 Å². The van der Waals surface area contributed by atoms with E-state index in [4.69, 9.17) is 0 Å². The number of hydrogen-bond acceptors (Lipinski definition) is 6. The molecule has 2 aromatic carbocycles. The van der Waals surface area contributed by atoms with Gasteiger partial charge in [-0.3, -0.25) is 15.6 Å². The molecule has 1 saturated heterocycles. The molecule has 0 bridgehead atoms. The number of hydrogen-bond donors (Lipinski definition) is 4. The molecule has 0 saturated carbocycles. The van der Waals surface area contributed by atoms with E-state index in [2.05, 4.69) is 31.1 Å². The lowest BCUT2D eigenvalue weighted by Gasteiger charge is -2.12. The van der Waals surface area contributed by atoms with Gasteiger partial charge in [0, 0.05) is 61.5 Å². The minimum absolute atomic E-state index is 0.0890. The SMILES string of the molecule is CN(C)C(=O)c1cc2ccc(-c3nccc(Nc4ccc(C5CNNC5)c(F)c4)n3)cc2[nH]1. The molecule has 5 rings (SSSR count). The quantitative estimate of drug-likeness (QED) is 0.376. The van der Waals surface area contributed by atoms with Crippen molar-refractivity contribution in [2.75, 3.05) is 32.5 Å². The fourth-order valence-electron chi connectivity index (χ4n) is 3.96. The van der Waals surface area contributed by atoms with Crippen molar-refractivity contribution in [1.82, 2.24) is 30.7 Å². The second-order valence-corrected chi connectivity index (χ2v) is 8.27. The van der Waals surface area contributed by atoms with Crippen LogP contribution in [0.5, 0.6) is 0 Å². The van der Waals surface area contributed by atoms with E-state index >= 15 is 0 Å². The average Bonchev–Trinajstić information content (AvgIpc) is 3.48. The van der Waals surface area contributed by atoms with Gasteiger partial charge in [-0.05, 0) is 35.9 Å². The number of nitrogens with zero attached hydrogens (tertiary/aromatic N) is 3. The van der Waals surface area contributed by atoms with Crippen LogP contribution in [0.2, 0.25) is 0 Å². The molecule has 4 aromatic rings. The van der Waals surface area contributed by atoms with Gasteiger partial charge in [0.05, 0.1) is 0 Å². The highest BCUT2D eigenvalue weighted by atomic mass is 19.1. The van der Waals surface area contributed by atoms with E-state index in [0.717, 1.165) is 16.5 Å². The topological polar surface area (TPSA) is 98.0 Å². The first-order valence-electron chi connectivity index (χ1n) is 10.7. The molecule has 1 amide bonds. The molecule has 1 fully saturated rings. The number of rotatable bonds is 5. The lowest BCUT2D eigenvalue weighted by molar-refractivity contribution is 0.0823. The molecule has 3 heterocycles. The highest BCUT2D eigenvalue weighted by molar-refractivity contribution is 5.98. The van der Waals surface area contributed by atoms with Crippen molar-refractivity contribution in [1.29, 1.82) is 0 Å². The van der Waals surface area contributed by atoms with Crippen LogP contribution in [0.4, 0.5) is 15.9 Å². The fraction of sp³-hybridized carbons (Fsp3) is 0.208. The highest BCUT2D eigenvalue weighted by Crippen LogP contribution is 2.26. The van der Waals surface area contributed by atoms with Crippen molar-refractivity contribution in [3.63, 3.8) is 0 Å². The largest absolute Gasteiger partial charge is 0.351 e. The summed E-state index contributed by atoms with van der Waals surface area (Å²) in [4.78, 5) is 25.9. The summed E-state index contributed by atoms with van der Waals surface area (Å²) in [5, 5.41) is 4.09. The molecule has 0 aliphatic carbocycles. The van der Waals surface area contributed by atoms with Gasteiger partial charge in [-0.1, -0.05) is 18.2 Å². The maximum Gasteiger partial charge on any atom is 0.269 e. The Labute approximate surface area is 190 Å². The number of benzene rings is 2. The third-order valence-electron chi connectivity index (χ3n) is 5.71. The van der Waals surface area contributed by atoms with Crippen molar-refractivity contribution in [3.05, 3.63) is 71.8 Å². The van der Waals surface area contributed by atoms with E-state index in [-0.39, 0.29) is 17.6 Å². The highest BCUT2D eigenvalue weighted by Gasteiger charge is 2.20. The van der Waals surface area contributed by atoms with Crippen LogP contribution in [0.15, 0.2) is 54.7 Å². The number of anilines is 2. The predicted molar refractivity (Wildman–Crippen MR) is 126 cm³/mol. The van der Waals surface area contributed by atoms with Crippen LogP contribution < -0.4 is 16.2 Å². The van der Waals surface area contributed by atoms with Crippen molar-refractivity contribution in [2.45, 2.75) is 5.92 Å². The molecule has 8 nitrogen and oxygen atoms in total. The minimum Gasteiger partial charge on any atom is -0.351 e.